The maximum Gasteiger partial charge on any atom is 0.443 e. The summed E-state index contributed by atoms with van der Waals surface area (Å²) in [6.45, 7) is 0. The van der Waals surface area contributed by atoms with E-state index in [9.17, 15) is 18.0 Å². The molecule has 0 saturated carbocycles. The van der Waals surface area contributed by atoms with Gasteiger partial charge in [-0.2, -0.15) is 23.4 Å². The number of amides is 1. The Bertz CT molecular complexity index is 1960. The molecule has 0 spiro atoms. The van der Waals surface area contributed by atoms with Gasteiger partial charge in [0.1, 0.15) is 16.2 Å². The van der Waals surface area contributed by atoms with Crippen LogP contribution >= 0.6 is 11.3 Å². The molecule has 15 heteroatoms. The zero-order valence-electron chi connectivity index (χ0n) is 21.4. The lowest BCUT2D eigenvalue weighted by Gasteiger charge is -2.15. The predicted molar refractivity (Wildman–Crippen MR) is 147 cm³/mol. The van der Waals surface area contributed by atoms with Crippen molar-refractivity contribution in [2.45, 2.75) is 25.1 Å². The van der Waals surface area contributed by atoms with Crippen LogP contribution in [-0.2, 0) is 12.6 Å². The Labute approximate surface area is 238 Å². The number of carbonyl (C=O) groups excluding carboxylic acids is 1. The summed E-state index contributed by atoms with van der Waals surface area (Å²) in [5.41, 5.74) is 10.7. The maximum atomic E-state index is 13.0. The van der Waals surface area contributed by atoms with Gasteiger partial charge in [0.05, 0.1) is 30.2 Å². The number of nitrogens with two attached hydrogens (primary N) is 1. The summed E-state index contributed by atoms with van der Waals surface area (Å²) in [4.78, 5) is 31.3. The monoisotopic (exact) mass is 588 g/mol. The highest BCUT2D eigenvalue weighted by molar-refractivity contribution is 7.13. The number of hydrogen-bond donors (Lipinski definition) is 2. The highest BCUT2D eigenvalue weighted by Gasteiger charge is 2.35. The summed E-state index contributed by atoms with van der Waals surface area (Å²) in [5.74, 6) is 0.759. The van der Waals surface area contributed by atoms with E-state index in [-0.39, 0.29) is 10.9 Å². The summed E-state index contributed by atoms with van der Waals surface area (Å²) >= 11 is 0.324. The average Bonchev–Trinajstić information content (AvgIpc) is 3.78. The number of aryl methyl sites for hydroxylation is 1. The number of fused-ring (bicyclic) bond motifs is 2. The Kier molecular flexibility index (Phi) is 5.97. The van der Waals surface area contributed by atoms with Gasteiger partial charge in [0, 0.05) is 11.9 Å². The number of alkyl halides is 3. The van der Waals surface area contributed by atoms with Crippen molar-refractivity contribution in [3.8, 4) is 22.9 Å². The van der Waals surface area contributed by atoms with Crippen LogP contribution in [0, 0.1) is 0 Å². The molecule has 6 aromatic rings. The number of aromatic nitrogens is 8. The molecule has 1 amide bonds. The van der Waals surface area contributed by atoms with Crippen molar-refractivity contribution < 1.29 is 18.0 Å². The van der Waals surface area contributed by atoms with E-state index in [1.807, 2.05) is 34.9 Å². The summed E-state index contributed by atoms with van der Waals surface area (Å²) < 4.78 is 40.8. The minimum atomic E-state index is -4.60. The van der Waals surface area contributed by atoms with Crippen molar-refractivity contribution in [3.05, 3.63) is 88.3 Å². The fraction of sp³-hybridized carbons (Fsp3) is 0.148. The second-order valence-electron chi connectivity index (χ2n) is 9.51. The van der Waals surface area contributed by atoms with E-state index in [1.165, 1.54) is 4.80 Å². The lowest BCUT2D eigenvalue weighted by atomic mass is 10.1. The van der Waals surface area contributed by atoms with Gasteiger partial charge in [-0.15, -0.1) is 16.1 Å². The molecule has 0 radical (unpaired) electrons. The SMILES string of the molecule is Nc1ncccc1-c1nc2ccc(-n3nccn3)nc2n1-c1ccc2c(c1)CC[C@@H]2NC(=O)c1cnc(C(F)(F)F)s1. The highest BCUT2D eigenvalue weighted by Crippen LogP contribution is 2.37. The number of pyridine rings is 2. The summed E-state index contributed by atoms with van der Waals surface area (Å²) in [5, 5.41) is 10.2. The van der Waals surface area contributed by atoms with E-state index in [0.29, 0.717) is 58.4 Å². The first kappa shape index (κ1) is 25.8. The van der Waals surface area contributed by atoms with E-state index in [0.717, 1.165) is 23.0 Å². The van der Waals surface area contributed by atoms with Crippen LogP contribution in [0.1, 0.15) is 38.3 Å². The Hall–Kier alpha value is -5.18. The average molecular weight is 589 g/mol. The molecule has 210 valence electrons. The van der Waals surface area contributed by atoms with Crippen LogP contribution in [0.5, 0.6) is 0 Å². The number of rotatable bonds is 5. The third-order valence-corrected chi connectivity index (χ3v) is 7.97. The summed E-state index contributed by atoms with van der Waals surface area (Å²) in [7, 11) is 0. The normalized spacial score (nSPS) is 14.8. The minimum Gasteiger partial charge on any atom is -0.383 e. The standard InChI is InChI=1S/C27H19F3N10OS/c28-27(29,30)26-33-13-20(42-26)25(41)37-18-6-3-14-12-15(4-5-16(14)18)39-23(17-2-1-9-32-22(17)31)36-19-7-8-21(38-24(19)39)40-34-10-11-35-40/h1-2,4-5,7-13,18H,3,6H2,(H2,31,32)(H,37,41)/t18-/m0/s1. The number of anilines is 1. The van der Waals surface area contributed by atoms with Crippen LogP contribution in [0.15, 0.2) is 67.3 Å². The summed E-state index contributed by atoms with van der Waals surface area (Å²) in [6, 6.07) is 12.6. The Balaban J connectivity index is 1.27. The quantitative estimate of drug-likeness (QED) is 0.299. The molecule has 0 aliphatic heterocycles. The Morgan fingerprint density at radius 1 is 1.05 bits per heavy atom. The van der Waals surface area contributed by atoms with Crippen molar-refractivity contribution >= 4 is 34.2 Å². The number of carbonyl (C=O) groups is 1. The first-order chi connectivity index (χ1) is 20.3. The van der Waals surface area contributed by atoms with Gasteiger partial charge in [-0.25, -0.2) is 19.9 Å². The number of thiazole rings is 1. The van der Waals surface area contributed by atoms with Crippen molar-refractivity contribution in [1.82, 2.24) is 44.8 Å². The molecule has 1 aliphatic carbocycles. The fourth-order valence-electron chi connectivity index (χ4n) is 5.06. The van der Waals surface area contributed by atoms with E-state index in [4.69, 9.17) is 15.7 Å². The number of nitrogens with one attached hydrogen (secondary N) is 1. The summed E-state index contributed by atoms with van der Waals surface area (Å²) in [6.07, 6.45) is 2.33. The van der Waals surface area contributed by atoms with E-state index >= 15 is 0 Å². The van der Waals surface area contributed by atoms with Crippen molar-refractivity contribution in [2.75, 3.05) is 5.73 Å². The van der Waals surface area contributed by atoms with Gasteiger partial charge in [0.2, 0.25) is 0 Å². The van der Waals surface area contributed by atoms with Crippen LogP contribution < -0.4 is 11.1 Å². The first-order valence-electron chi connectivity index (χ1n) is 12.7. The minimum absolute atomic E-state index is 0.0930. The van der Waals surface area contributed by atoms with E-state index in [2.05, 4.69) is 25.5 Å². The van der Waals surface area contributed by atoms with Crippen LogP contribution in [0.4, 0.5) is 19.0 Å². The number of benzene rings is 1. The van der Waals surface area contributed by atoms with Gasteiger partial charge in [-0.05, 0) is 60.4 Å². The second-order valence-corrected chi connectivity index (χ2v) is 10.5. The van der Waals surface area contributed by atoms with Crippen LogP contribution in [0.3, 0.4) is 0 Å². The number of hydrogen-bond acceptors (Lipinski definition) is 9. The molecule has 5 heterocycles. The second kappa shape index (κ2) is 9.73. The molecule has 0 bridgehead atoms. The fourth-order valence-corrected chi connectivity index (χ4v) is 5.74. The van der Waals surface area contributed by atoms with E-state index < -0.39 is 17.1 Å². The molecular weight excluding hydrogens is 569 g/mol. The molecule has 1 aliphatic rings. The molecule has 7 rings (SSSR count). The topological polar surface area (TPSA) is 142 Å². The van der Waals surface area contributed by atoms with E-state index in [1.54, 1.807) is 30.7 Å². The van der Waals surface area contributed by atoms with Crippen LogP contribution in [0.2, 0.25) is 0 Å². The highest BCUT2D eigenvalue weighted by atomic mass is 32.1. The van der Waals surface area contributed by atoms with Gasteiger partial charge in [0.25, 0.3) is 5.91 Å². The molecular formula is C27H19F3N10OS. The van der Waals surface area contributed by atoms with Crippen LogP contribution in [0.25, 0.3) is 34.1 Å². The molecule has 11 nitrogen and oxygen atoms in total. The third kappa shape index (κ3) is 4.43. The number of nitrogens with zero attached hydrogens (tertiary/aromatic N) is 8. The Morgan fingerprint density at radius 3 is 2.64 bits per heavy atom. The predicted octanol–water partition coefficient (Wildman–Crippen LogP) is 4.54. The maximum absolute atomic E-state index is 13.0. The van der Waals surface area contributed by atoms with Gasteiger partial charge >= 0.3 is 6.18 Å². The number of nitrogen functional groups attached to an aromatic ring is 1. The van der Waals surface area contributed by atoms with Crippen molar-refractivity contribution in [3.63, 3.8) is 0 Å². The molecule has 42 heavy (non-hydrogen) atoms. The smallest absolute Gasteiger partial charge is 0.383 e. The molecule has 1 aromatic carbocycles. The zero-order valence-corrected chi connectivity index (χ0v) is 22.3. The molecule has 1 atom stereocenters. The van der Waals surface area contributed by atoms with Gasteiger partial charge < -0.3 is 11.1 Å². The van der Waals surface area contributed by atoms with Crippen molar-refractivity contribution in [1.29, 1.82) is 0 Å². The lowest BCUT2D eigenvalue weighted by molar-refractivity contribution is -0.137. The van der Waals surface area contributed by atoms with Crippen LogP contribution in [-0.4, -0.2) is 45.4 Å². The number of imidazole rings is 1. The molecule has 0 unspecified atom stereocenters. The first-order valence-corrected chi connectivity index (χ1v) is 13.5. The zero-order chi connectivity index (χ0) is 29.0. The molecule has 0 saturated heterocycles. The molecule has 3 N–H and O–H groups in total. The third-order valence-electron chi connectivity index (χ3n) is 6.93. The number of halogens is 3. The lowest BCUT2D eigenvalue weighted by Crippen LogP contribution is -2.26. The van der Waals surface area contributed by atoms with Gasteiger partial charge in [0.15, 0.2) is 22.3 Å². The van der Waals surface area contributed by atoms with Crippen molar-refractivity contribution in [2.24, 2.45) is 0 Å². The van der Waals surface area contributed by atoms with Gasteiger partial charge in [-0.1, -0.05) is 6.07 Å². The largest absolute Gasteiger partial charge is 0.443 e. The molecule has 5 aromatic heterocycles. The Morgan fingerprint density at radius 2 is 1.88 bits per heavy atom. The van der Waals surface area contributed by atoms with Gasteiger partial charge in [-0.3, -0.25) is 9.36 Å². The molecule has 0 fully saturated rings.